The fourth-order valence-corrected chi connectivity index (χ4v) is 8.25. The number of nitrogens with zero attached hydrogens (tertiary/aromatic N) is 2. The van der Waals surface area contributed by atoms with Crippen molar-refractivity contribution in [1.29, 1.82) is 0 Å². The van der Waals surface area contributed by atoms with E-state index >= 15 is 0 Å². The van der Waals surface area contributed by atoms with Gasteiger partial charge in [0.2, 0.25) is 26.0 Å². The largest absolute Gasteiger partial charge is 0.385 e. The monoisotopic (exact) mass is 595 g/mol. The van der Waals surface area contributed by atoms with Gasteiger partial charge in [0.05, 0.1) is 25.2 Å². The van der Waals surface area contributed by atoms with E-state index in [0.717, 1.165) is 23.3 Å². The topological polar surface area (TPSA) is 122 Å². The molecule has 2 aliphatic heterocycles. The molecule has 0 unspecified atom stereocenters. The fraction of sp³-hybridized carbons (Fsp3) is 0.607. The van der Waals surface area contributed by atoms with Crippen molar-refractivity contribution >= 4 is 26.0 Å². The van der Waals surface area contributed by atoms with Crippen LogP contribution in [0.1, 0.15) is 38.2 Å². The number of fused-ring (bicyclic) bond motifs is 1. The number of hydrogen-bond donors (Lipinski definition) is 1. The number of hydrogen-bond acceptors (Lipinski definition) is 7. The van der Waals surface area contributed by atoms with E-state index in [-0.39, 0.29) is 36.2 Å². The van der Waals surface area contributed by atoms with Gasteiger partial charge in [0.15, 0.2) is 0 Å². The van der Waals surface area contributed by atoms with E-state index in [2.05, 4.69) is 16.9 Å². The third-order valence-electron chi connectivity index (χ3n) is 8.01. The van der Waals surface area contributed by atoms with E-state index in [1.54, 1.807) is 9.21 Å². The number of piperidine rings is 1. The summed E-state index contributed by atoms with van der Waals surface area (Å²) in [5, 5.41) is 0. The first-order valence-electron chi connectivity index (χ1n) is 13.7. The van der Waals surface area contributed by atoms with Crippen molar-refractivity contribution in [3.05, 3.63) is 59.3 Å². The van der Waals surface area contributed by atoms with Crippen LogP contribution in [0.2, 0.25) is 0 Å². The lowest BCUT2D eigenvalue weighted by atomic mass is 9.71. The minimum Gasteiger partial charge on any atom is -0.385 e. The zero-order valence-corrected chi connectivity index (χ0v) is 25.2. The van der Waals surface area contributed by atoms with E-state index in [1.807, 2.05) is 37.3 Å². The van der Waals surface area contributed by atoms with Crippen molar-refractivity contribution < 1.29 is 31.1 Å². The highest BCUT2D eigenvalue weighted by Gasteiger charge is 2.50. The van der Waals surface area contributed by atoms with Crippen molar-refractivity contribution in [3.8, 4) is 0 Å². The van der Waals surface area contributed by atoms with Gasteiger partial charge in [0.25, 0.3) is 0 Å². The molecule has 3 aliphatic rings. The summed E-state index contributed by atoms with van der Waals surface area (Å²) < 4.78 is 65.8. The molecule has 10 nitrogen and oxygen atoms in total. The Bertz CT molecular complexity index is 1320. The Labute approximate surface area is 238 Å². The summed E-state index contributed by atoms with van der Waals surface area (Å²) in [7, 11) is -5.67. The van der Waals surface area contributed by atoms with Crippen molar-refractivity contribution in [2.45, 2.75) is 45.3 Å². The van der Waals surface area contributed by atoms with E-state index in [0.29, 0.717) is 45.5 Å². The number of nitrogens with one attached hydrogen (secondary N) is 1. The van der Waals surface area contributed by atoms with Crippen LogP contribution in [0.4, 0.5) is 0 Å². The van der Waals surface area contributed by atoms with Crippen LogP contribution in [-0.4, -0.2) is 90.0 Å². The van der Waals surface area contributed by atoms with Gasteiger partial charge in [-0.1, -0.05) is 49.4 Å². The van der Waals surface area contributed by atoms with Gasteiger partial charge in [-0.2, -0.15) is 0 Å². The van der Waals surface area contributed by atoms with Crippen LogP contribution in [0, 0.1) is 11.3 Å². The number of benzene rings is 1. The molecule has 1 aromatic carbocycles. The van der Waals surface area contributed by atoms with Crippen LogP contribution in [-0.2, 0) is 40.9 Å². The Hall–Kier alpha value is -2.25. The van der Waals surface area contributed by atoms with Gasteiger partial charge < -0.3 is 14.4 Å². The second-order valence-electron chi connectivity index (χ2n) is 11.0. The molecule has 1 aromatic rings. The molecule has 2 atom stereocenters. The number of carbonyl (C=O) groups excluding carboxylic acids is 1. The van der Waals surface area contributed by atoms with Crippen molar-refractivity contribution in [3.63, 3.8) is 0 Å². The van der Waals surface area contributed by atoms with Gasteiger partial charge in [0, 0.05) is 50.4 Å². The average molecular weight is 596 g/mol. The number of methoxy groups -OCH3 is 1. The minimum absolute atomic E-state index is 0.101. The van der Waals surface area contributed by atoms with Gasteiger partial charge in [0.1, 0.15) is 6.04 Å². The van der Waals surface area contributed by atoms with Crippen LogP contribution >= 0.6 is 0 Å². The standard InChI is InChI=1S/C28H41N3O7S2/c1-22-9-7-12-24-26(22)31(39(3,33)34)21-28(24)13-15-30(16-14-28)27(32)25(29-40(35,36)18-8-17-37-2)20-38-19-23-10-5-4-6-11-23/h4-7,10-12,22,25,29H,8-9,13-21H2,1-3H3/t22-,25-/m1/s1. The number of ether oxygens (including phenoxy) is 2. The van der Waals surface area contributed by atoms with Gasteiger partial charge >= 0.3 is 0 Å². The first-order valence-corrected chi connectivity index (χ1v) is 17.2. The van der Waals surface area contributed by atoms with Crippen LogP contribution in [0.3, 0.4) is 0 Å². The smallest absolute Gasteiger partial charge is 0.243 e. The lowest BCUT2D eigenvalue weighted by Gasteiger charge is -2.41. The lowest BCUT2D eigenvalue weighted by Crippen LogP contribution is -2.54. The number of likely N-dealkylation sites (tertiary alicyclic amines) is 1. The normalized spacial score (nSPS) is 21.6. The second kappa shape index (κ2) is 12.7. The van der Waals surface area contributed by atoms with E-state index in [4.69, 9.17) is 9.47 Å². The molecule has 1 spiro atoms. The van der Waals surface area contributed by atoms with Crippen LogP contribution < -0.4 is 4.72 Å². The van der Waals surface area contributed by atoms with Crippen molar-refractivity contribution in [2.24, 2.45) is 11.3 Å². The van der Waals surface area contributed by atoms with Crippen LogP contribution in [0.15, 0.2) is 53.8 Å². The number of sulfonamides is 2. The third-order valence-corrected chi connectivity index (χ3v) is 10.6. The van der Waals surface area contributed by atoms with Gasteiger partial charge in [-0.3, -0.25) is 9.10 Å². The first kappa shape index (κ1) is 30.7. The molecule has 0 saturated carbocycles. The summed E-state index contributed by atoms with van der Waals surface area (Å²) in [5.74, 6) is -0.389. The molecule has 2 heterocycles. The van der Waals surface area contributed by atoms with Crippen molar-refractivity contribution in [2.75, 3.05) is 52.0 Å². The second-order valence-corrected chi connectivity index (χ2v) is 14.8. The molecule has 222 valence electrons. The molecule has 1 N–H and O–H groups in total. The summed E-state index contributed by atoms with van der Waals surface area (Å²) >= 11 is 0. The quantitative estimate of drug-likeness (QED) is 0.368. The summed E-state index contributed by atoms with van der Waals surface area (Å²) in [6, 6.07) is 8.42. The number of carbonyl (C=O) groups is 1. The molecule has 4 rings (SSSR count). The highest BCUT2D eigenvalue weighted by molar-refractivity contribution is 7.89. The molecular formula is C28H41N3O7S2. The summed E-state index contributed by atoms with van der Waals surface area (Å²) in [6.07, 6.45) is 7.71. The van der Waals surface area contributed by atoms with Gasteiger partial charge in [-0.15, -0.1) is 0 Å². The molecule has 12 heteroatoms. The minimum atomic E-state index is -3.75. The summed E-state index contributed by atoms with van der Waals surface area (Å²) in [4.78, 5) is 15.4. The third kappa shape index (κ3) is 7.14. The lowest BCUT2D eigenvalue weighted by molar-refractivity contribution is -0.136. The predicted molar refractivity (Wildman–Crippen MR) is 153 cm³/mol. The van der Waals surface area contributed by atoms with Crippen LogP contribution in [0.5, 0.6) is 0 Å². The van der Waals surface area contributed by atoms with E-state index < -0.39 is 26.1 Å². The first-order chi connectivity index (χ1) is 19.0. The zero-order valence-electron chi connectivity index (χ0n) is 23.5. The van der Waals surface area contributed by atoms with E-state index in [9.17, 15) is 21.6 Å². The average Bonchev–Trinajstić information content (AvgIpc) is 3.24. The Morgan fingerprint density at radius 1 is 1.15 bits per heavy atom. The highest BCUT2D eigenvalue weighted by Crippen LogP contribution is 2.51. The number of allylic oxidation sites excluding steroid dienone is 3. The molecule has 1 amide bonds. The molecular weight excluding hydrogens is 554 g/mol. The molecule has 0 bridgehead atoms. The maximum Gasteiger partial charge on any atom is 0.243 e. The number of amides is 1. The van der Waals surface area contributed by atoms with E-state index in [1.165, 1.54) is 13.4 Å². The maximum atomic E-state index is 13.7. The maximum absolute atomic E-state index is 13.7. The van der Waals surface area contributed by atoms with Gasteiger partial charge in [-0.25, -0.2) is 21.6 Å². The van der Waals surface area contributed by atoms with Crippen LogP contribution in [0.25, 0.3) is 0 Å². The molecule has 0 radical (unpaired) electrons. The Morgan fingerprint density at radius 2 is 1.85 bits per heavy atom. The SMILES string of the molecule is COCCCS(=O)(=O)N[C@H](COCc1ccccc1)C(=O)N1CCC2(CC1)CN(S(C)(=O)=O)C1=C2C=CC[C@H]1C. The fourth-order valence-electron chi connectivity index (χ4n) is 5.92. The molecule has 1 aliphatic carbocycles. The number of rotatable bonds is 12. The molecule has 1 saturated heterocycles. The summed E-state index contributed by atoms with van der Waals surface area (Å²) in [5.41, 5.74) is 2.50. The molecule has 40 heavy (non-hydrogen) atoms. The predicted octanol–water partition coefficient (Wildman–Crippen LogP) is 2.26. The molecule has 1 fully saturated rings. The highest BCUT2D eigenvalue weighted by atomic mass is 32.2. The molecule has 0 aromatic heterocycles. The Morgan fingerprint density at radius 3 is 2.50 bits per heavy atom. The Balaban J connectivity index is 1.47. The zero-order chi connectivity index (χ0) is 29.0. The van der Waals surface area contributed by atoms with Gasteiger partial charge in [-0.05, 0) is 36.8 Å². The van der Waals surface area contributed by atoms with Crippen molar-refractivity contribution in [1.82, 2.24) is 13.9 Å². The Kier molecular flexibility index (Phi) is 9.77. The summed E-state index contributed by atoms with van der Waals surface area (Å²) in [6.45, 7) is 3.67.